The van der Waals surface area contributed by atoms with Crippen LogP contribution in [0, 0.1) is 17.2 Å². The molecule has 0 aromatic carbocycles. The number of ether oxygens (including phenoxy) is 1. The molecule has 1 saturated carbocycles. The van der Waals surface area contributed by atoms with Gasteiger partial charge in [0, 0.05) is 18.1 Å². The number of rotatable bonds is 3. The Morgan fingerprint density at radius 1 is 1.47 bits per heavy atom. The first-order chi connectivity index (χ1) is 7.95. The Bertz CT molecular complexity index is 318. The molecule has 0 amide bonds. The summed E-state index contributed by atoms with van der Waals surface area (Å²) in [6, 6.07) is 2.69. The van der Waals surface area contributed by atoms with Crippen molar-refractivity contribution in [3.63, 3.8) is 0 Å². The molecule has 4 unspecified atom stereocenters. The summed E-state index contributed by atoms with van der Waals surface area (Å²) < 4.78 is 5.83. The van der Waals surface area contributed by atoms with E-state index in [9.17, 15) is 0 Å². The molecule has 1 aliphatic heterocycles. The Labute approximate surface area is 104 Å². The summed E-state index contributed by atoms with van der Waals surface area (Å²) in [5.41, 5.74) is 6.43. The topological polar surface area (TPSA) is 62.3 Å². The molecule has 0 radical (unpaired) electrons. The monoisotopic (exact) mass is 237 g/mol. The lowest BCUT2D eigenvalue weighted by molar-refractivity contribution is -0.0371. The number of piperidine rings is 1. The summed E-state index contributed by atoms with van der Waals surface area (Å²) in [7, 11) is 0. The maximum atomic E-state index is 8.54. The third-order valence-electron chi connectivity index (χ3n) is 4.05. The van der Waals surface area contributed by atoms with E-state index in [2.05, 4.69) is 31.7 Å². The lowest BCUT2D eigenvalue weighted by Crippen LogP contribution is -2.54. The maximum absolute atomic E-state index is 8.54. The molecule has 0 spiro atoms. The van der Waals surface area contributed by atoms with Crippen LogP contribution in [0.3, 0.4) is 0 Å². The zero-order valence-electron chi connectivity index (χ0n) is 11.0. The molecule has 2 N–H and O–H groups in total. The van der Waals surface area contributed by atoms with Crippen molar-refractivity contribution in [2.75, 3.05) is 13.2 Å². The molecule has 2 fully saturated rings. The second-order valence-corrected chi connectivity index (χ2v) is 6.20. The van der Waals surface area contributed by atoms with Crippen molar-refractivity contribution in [2.45, 2.75) is 57.3 Å². The predicted molar refractivity (Wildman–Crippen MR) is 66.3 cm³/mol. The van der Waals surface area contributed by atoms with Gasteiger partial charge in [-0.05, 0) is 33.1 Å². The van der Waals surface area contributed by atoms with Gasteiger partial charge >= 0.3 is 0 Å². The van der Waals surface area contributed by atoms with E-state index in [1.54, 1.807) is 0 Å². The van der Waals surface area contributed by atoms with E-state index in [0.717, 1.165) is 13.0 Å². The van der Waals surface area contributed by atoms with Crippen molar-refractivity contribution in [1.82, 2.24) is 4.90 Å². The van der Waals surface area contributed by atoms with Gasteiger partial charge in [0.1, 0.15) is 0 Å². The number of hydrogen-bond acceptors (Lipinski definition) is 4. The van der Waals surface area contributed by atoms with E-state index in [-0.39, 0.29) is 17.7 Å². The summed E-state index contributed by atoms with van der Waals surface area (Å²) in [6.45, 7) is 8.31. The van der Waals surface area contributed by atoms with E-state index < -0.39 is 0 Å². The second kappa shape index (κ2) is 4.56. The quantitative estimate of drug-likeness (QED) is 0.747. The third kappa shape index (κ3) is 2.33. The largest absolute Gasteiger partial charge is 0.375 e. The summed E-state index contributed by atoms with van der Waals surface area (Å²) >= 11 is 0. The van der Waals surface area contributed by atoms with Crippen molar-refractivity contribution in [2.24, 2.45) is 11.7 Å². The average Bonchev–Trinajstić information content (AvgIpc) is 2.71. The van der Waals surface area contributed by atoms with Crippen molar-refractivity contribution in [1.29, 1.82) is 5.26 Å². The molecule has 0 aromatic heterocycles. The van der Waals surface area contributed by atoms with Gasteiger partial charge in [0.15, 0.2) is 0 Å². The van der Waals surface area contributed by atoms with E-state index in [1.807, 2.05) is 0 Å². The second-order valence-electron chi connectivity index (χ2n) is 6.20. The fourth-order valence-corrected chi connectivity index (χ4v) is 3.24. The van der Waals surface area contributed by atoms with Crippen molar-refractivity contribution in [3.8, 4) is 6.07 Å². The Balaban J connectivity index is 2.01. The summed E-state index contributed by atoms with van der Waals surface area (Å²) in [5, 5.41) is 8.54. The van der Waals surface area contributed by atoms with Crippen LogP contribution in [-0.4, -0.2) is 41.8 Å². The molecule has 0 aromatic rings. The Kier molecular flexibility index (Phi) is 3.44. The first kappa shape index (κ1) is 12.8. The minimum absolute atomic E-state index is 0.147. The highest BCUT2D eigenvalue weighted by Crippen LogP contribution is 2.42. The highest BCUT2D eigenvalue weighted by molar-refractivity contribution is 5.10. The molecular weight excluding hydrogens is 214 g/mol. The Hall–Kier alpha value is -0.630. The number of nitrogens with zero attached hydrogens (tertiary/aromatic N) is 2. The van der Waals surface area contributed by atoms with Gasteiger partial charge in [0.05, 0.1) is 31.2 Å². The van der Waals surface area contributed by atoms with Crippen LogP contribution in [0.2, 0.25) is 0 Å². The molecular formula is C13H23N3O. The molecule has 1 saturated heterocycles. The van der Waals surface area contributed by atoms with Gasteiger partial charge in [-0.3, -0.25) is 4.90 Å². The van der Waals surface area contributed by atoms with Crippen molar-refractivity contribution >= 4 is 0 Å². The number of likely N-dealkylation sites (tertiary alicyclic amines) is 1. The van der Waals surface area contributed by atoms with Crippen LogP contribution in [0.5, 0.6) is 0 Å². The molecule has 4 nitrogen and oxygen atoms in total. The highest BCUT2D eigenvalue weighted by Gasteiger charge is 2.54. The zero-order valence-corrected chi connectivity index (χ0v) is 11.0. The minimum Gasteiger partial charge on any atom is -0.375 e. The molecule has 4 heteroatoms. The standard InChI is InChI=1S/C13H23N3O/c1-13(2,3)16-8-9-7-10(12(16)11(9)15)17-6-4-5-14/h9-12H,4,6-8,15H2,1-3H3. The molecule has 2 aliphatic rings. The van der Waals surface area contributed by atoms with Gasteiger partial charge in [-0.1, -0.05) is 0 Å². The first-order valence-corrected chi connectivity index (χ1v) is 6.46. The van der Waals surface area contributed by atoms with E-state index >= 15 is 0 Å². The van der Waals surface area contributed by atoms with E-state index in [0.29, 0.717) is 25.0 Å². The third-order valence-corrected chi connectivity index (χ3v) is 4.05. The van der Waals surface area contributed by atoms with Crippen LogP contribution >= 0.6 is 0 Å². The van der Waals surface area contributed by atoms with Gasteiger partial charge < -0.3 is 10.5 Å². The molecule has 1 aliphatic carbocycles. The fourth-order valence-electron chi connectivity index (χ4n) is 3.24. The summed E-state index contributed by atoms with van der Waals surface area (Å²) in [4.78, 5) is 2.48. The summed E-state index contributed by atoms with van der Waals surface area (Å²) in [6.07, 6.45) is 1.75. The van der Waals surface area contributed by atoms with Crippen LogP contribution in [0.15, 0.2) is 0 Å². The maximum Gasteiger partial charge on any atom is 0.0749 e. The van der Waals surface area contributed by atoms with Crippen LogP contribution in [-0.2, 0) is 4.74 Å². The van der Waals surface area contributed by atoms with Gasteiger partial charge in [0.2, 0.25) is 0 Å². The molecule has 2 rings (SSSR count). The van der Waals surface area contributed by atoms with Gasteiger partial charge in [-0.15, -0.1) is 0 Å². The predicted octanol–water partition coefficient (Wildman–Crippen LogP) is 1.12. The normalized spacial score (nSPS) is 37.4. The van der Waals surface area contributed by atoms with Crippen molar-refractivity contribution < 1.29 is 4.74 Å². The van der Waals surface area contributed by atoms with Gasteiger partial charge in [0.25, 0.3) is 0 Å². The molecule has 17 heavy (non-hydrogen) atoms. The Morgan fingerprint density at radius 3 is 2.71 bits per heavy atom. The van der Waals surface area contributed by atoms with Crippen LogP contribution < -0.4 is 5.73 Å². The Morgan fingerprint density at radius 2 is 2.18 bits per heavy atom. The van der Waals surface area contributed by atoms with Gasteiger partial charge in [-0.25, -0.2) is 0 Å². The smallest absolute Gasteiger partial charge is 0.0749 e. The molecule has 4 atom stereocenters. The number of nitrogens with two attached hydrogens (primary N) is 1. The van der Waals surface area contributed by atoms with Crippen LogP contribution in [0.25, 0.3) is 0 Å². The zero-order chi connectivity index (χ0) is 12.6. The lowest BCUT2D eigenvalue weighted by atomic mass is 9.99. The van der Waals surface area contributed by atoms with E-state index in [1.165, 1.54) is 0 Å². The van der Waals surface area contributed by atoms with E-state index in [4.69, 9.17) is 15.7 Å². The SMILES string of the molecule is CC(C)(C)N1CC2CC(OCCC#N)C1C2N. The molecule has 2 bridgehead atoms. The summed E-state index contributed by atoms with van der Waals surface area (Å²) in [5.74, 6) is 0.561. The molecule has 1 heterocycles. The number of nitriles is 1. The van der Waals surface area contributed by atoms with Crippen LogP contribution in [0.1, 0.15) is 33.6 Å². The highest BCUT2D eigenvalue weighted by atomic mass is 16.5. The number of hydrogen-bond donors (Lipinski definition) is 1. The van der Waals surface area contributed by atoms with Gasteiger partial charge in [-0.2, -0.15) is 5.26 Å². The first-order valence-electron chi connectivity index (χ1n) is 6.46. The average molecular weight is 237 g/mol. The fraction of sp³-hybridized carbons (Fsp3) is 0.923. The minimum atomic E-state index is 0.147. The van der Waals surface area contributed by atoms with Crippen LogP contribution in [0.4, 0.5) is 0 Å². The molecule has 96 valence electrons. The lowest BCUT2D eigenvalue weighted by Gasteiger charge is -2.42. The number of fused-ring (bicyclic) bond motifs is 2. The van der Waals surface area contributed by atoms with Crippen molar-refractivity contribution in [3.05, 3.63) is 0 Å².